The van der Waals surface area contributed by atoms with Gasteiger partial charge in [-0.05, 0) is 79.9 Å². The van der Waals surface area contributed by atoms with E-state index in [1.165, 1.54) is 44.1 Å². The van der Waals surface area contributed by atoms with E-state index in [1.54, 1.807) is 6.07 Å². The van der Waals surface area contributed by atoms with Crippen molar-refractivity contribution in [3.05, 3.63) is 51.9 Å². The van der Waals surface area contributed by atoms with Crippen LogP contribution in [0.15, 0.2) is 35.1 Å². The van der Waals surface area contributed by atoms with E-state index in [2.05, 4.69) is 33.8 Å². The summed E-state index contributed by atoms with van der Waals surface area (Å²) in [5.74, 6) is 3.90. The first-order chi connectivity index (χ1) is 14.7. The zero-order chi connectivity index (χ0) is 20.1. The minimum atomic E-state index is -0.201. The molecule has 3 aliphatic carbocycles. The Morgan fingerprint density at radius 2 is 1.70 bits per heavy atom. The zero-order valence-electron chi connectivity index (χ0n) is 17.5. The van der Waals surface area contributed by atoms with Gasteiger partial charge in [0.1, 0.15) is 12.4 Å². The maximum absolute atomic E-state index is 11.9. The first-order valence-corrected chi connectivity index (χ1v) is 11.8. The molecule has 0 radical (unpaired) electrons. The van der Waals surface area contributed by atoms with Gasteiger partial charge < -0.3 is 9.47 Å². The van der Waals surface area contributed by atoms with E-state index in [-0.39, 0.29) is 11.7 Å². The van der Waals surface area contributed by atoms with E-state index < -0.39 is 0 Å². The second kappa shape index (κ2) is 7.44. The summed E-state index contributed by atoms with van der Waals surface area (Å²) in [6.45, 7) is 1.17. The molecule has 0 amide bonds. The van der Waals surface area contributed by atoms with Gasteiger partial charge in [0.25, 0.3) is 11.6 Å². The van der Waals surface area contributed by atoms with Gasteiger partial charge in [0, 0.05) is 11.8 Å². The van der Waals surface area contributed by atoms with Crippen LogP contribution in [0.25, 0.3) is 0 Å². The molecular weight excluding hydrogens is 376 g/mol. The minimum Gasteiger partial charge on any atom is -0.490 e. The molecule has 3 saturated carbocycles. The van der Waals surface area contributed by atoms with Gasteiger partial charge in [-0.1, -0.05) is 25.0 Å². The summed E-state index contributed by atoms with van der Waals surface area (Å²) in [7, 11) is 0. The molecule has 5 nitrogen and oxygen atoms in total. The van der Waals surface area contributed by atoms with Crippen LogP contribution in [-0.2, 0) is 6.54 Å². The quantitative estimate of drug-likeness (QED) is 0.726. The van der Waals surface area contributed by atoms with Crippen molar-refractivity contribution in [2.45, 2.75) is 75.9 Å². The highest BCUT2D eigenvalue weighted by Gasteiger charge is 2.37. The fourth-order valence-corrected chi connectivity index (χ4v) is 6.17. The molecule has 1 atom stereocenters. The first-order valence-electron chi connectivity index (χ1n) is 11.8. The summed E-state index contributed by atoms with van der Waals surface area (Å²) in [4.78, 5) is 15.9. The van der Waals surface area contributed by atoms with Gasteiger partial charge in [0.05, 0.1) is 6.54 Å². The van der Waals surface area contributed by atoms with Gasteiger partial charge in [0.2, 0.25) is 0 Å². The van der Waals surface area contributed by atoms with Gasteiger partial charge in [-0.3, -0.25) is 9.36 Å². The molecule has 6 rings (SSSR count). The Morgan fingerprint density at radius 3 is 2.37 bits per heavy atom. The number of aromatic nitrogens is 2. The SMILES string of the molecule is O=c1cc(C2CC2)n2c(n1)O[C@H](COc1ccc(C3C4CCCC3CCC4)cc1)C2. The largest absolute Gasteiger partial charge is 0.490 e. The van der Waals surface area contributed by atoms with Gasteiger partial charge in [-0.25, -0.2) is 0 Å². The van der Waals surface area contributed by atoms with Gasteiger partial charge in [-0.15, -0.1) is 0 Å². The molecule has 2 bridgehead atoms. The predicted octanol–water partition coefficient (Wildman–Crippen LogP) is 4.64. The number of hydrogen-bond acceptors (Lipinski definition) is 4. The van der Waals surface area contributed by atoms with E-state index >= 15 is 0 Å². The van der Waals surface area contributed by atoms with Crippen LogP contribution in [-0.4, -0.2) is 22.3 Å². The Labute approximate surface area is 177 Å². The third-order valence-electron chi connectivity index (χ3n) is 7.69. The smallest absolute Gasteiger partial charge is 0.300 e. The average molecular weight is 407 g/mol. The van der Waals surface area contributed by atoms with Gasteiger partial charge >= 0.3 is 0 Å². The lowest BCUT2D eigenvalue weighted by Gasteiger charge is -2.43. The highest BCUT2D eigenvalue weighted by molar-refractivity contribution is 5.31. The van der Waals surface area contributed by atoms with Crippen LogP contribution >= 0.6 is 0 Å². The summed E-state index contributed by atoms with van der Waals surface area (Å²) in [6, 6.07) is 10.9. The van der Waals surface area contributed by atoms with Gasteiger partial charge in [0.15, 0.2) is 6.10 Å². The van der Waals surface area contributed by atoms with Crippen molar-refractivity contribution in [1.29, 1.82) is 0 Å². The molecule has 1 aliphatic heterocycles. The summed E-state index contributed by atoms with van der Waals surface area (Å²) in [5, 5.41) is 0. The Balaban J connectivity index is 1.10. The molecule has 158 valence electrons. The molecule has 0 spiro atoms. The van der Waals surface area contributed by atoms with Crippen LogP contribution in [0.1, 0.15) is 74.5 Å². The van der Waals surface area contributed by atoms with Crippen molar-refractivity contribution >= 4 is 0 Å². The maximum Gasteiger partial charge on any atom is 0.300 e. The molecule has 2 heterocycles. The van der Waals surface area contributed by atoms with Crippen molar-refractivity contribution in [2.24, 2.45) is 11.8 Å². The highest BCUT2D eigenvalue weighted by atomic mass is 16.6. The molecule has 5 heteroatoms. The lowest BCUT2D eigenvalue weighted by atomic mass is 9.62. The number of hydrogen-bond donors (Lipinski definition) is 0. The summed E-state index contributed by atoms with van der Waals surface area (Å²) < 4.78 is 14.1. The topological polar surface area (TPSA) is 53.4 Å². The third kappa shape index (κ3) is 3.42. The second-order valence-corrected chi connectivity index (χ2v) is 9.71. The number of benzene rings is 1. The van der Waals surface area contributed by atoms with Crippen molar-refractivity contribution in [1.82, 2.24) is 9.55 Å². The van der Waals surface area contributed by atoms with E-state index in [0.717, 1.165) is 42.0 Å². The average Bonchev–Trinajstić information content (AvgIpc) is 3.51. The molecular formula is C25H30N2O3. The van der Waals surface area contributed by atoms with Crippen LogP contribution in [0.3, 0.4) is 0 Å². The molecule has 1 aromatic carbocycles. The highest BCUT2D eigenvalue weighted by Crippen LogP contribution is 2.50. The Bertz CT molecular complexity index is 957. The van der Waals surface area contributed by atoms with E-state index in [9.17, 15) is 4.79 Å². The molecule has 0 saturated heterocycles. The maximum atomic E-state index is 11.9. The summed E-state index contributed by atoms with van der Waals surface area (Å²) in [5.41, 5.74) is 2.38. The van der Waals surface area contributed by atoms with Crippen LogP contribution < -0.4 is 15.0 Å². The normalized spacial score (nSPS) is 29.9. The van der Waals surface area contributed by atoms with Crippen molar-refractivity contribution in [2.75, 3.05) is 6.61 Å². The summed E-state index contributed by atoms with van der Waals surface area (Å²) >= 11 is 0. The first kappa shape index (κ1) is 18.5. The van der Waals surface area contributed by atoms with Crippen molar-refractivity contribution in [3.8, 4) is 11.8 Å². The third-order valence-corrected chi connectivity index (χ3v) is 7.69. The molecule has 0 N–H and O–H groups in total. The van der Waals surface area contributed by atoms with E-state index in [4.69, 9.17) is 9.47 Å². The lowest BCUT2D eigenvalue weighted by molar-refractivity contribution is 0.143. The van der Waals surface area contributed by atoms with Crippen molar-refractivity contribution < 1.29 is 9.47 Å². The standard InChI is InChI=1S/C25H30N2O3/c28-23-13-22(16-7-8-16)27-14-21(30-25(27)26-23)15-29-20-11-9-19(10-12-20)24-17-3-1-4-18(24)6-2-5-17/h9-13,16-18,21,24H,1-8,14-15H2/t17?,18?,21-,24?/m0/s1. The lowest BCUT2D eigenvalue weighted by Crippen LogP contribution is -2.30. The van der Waals surface area contributed by atoms with Gasteiger partial charge in [-0.2, -0.15) is 4.98 Å². The fraction of sp³-hybridized carbons (Fsp3) is 0.600. The number of ether oxygens (including phenoxy) is 2. The number of rotatable bonds is 5. The number of fused-ring (bicyclic) bond motifs is 3. The van der Waals surface area contributed by atoms with Crippen molar-refractivity contribution in [3.63, 3.8) is 0 Å². The molecule has 0 unspecified atom stereocenters. The Kier molecular flexibility index (Phi) is 4.58. The Morgan fingerprint density at radius 1 is 1.00 bits per heavy atom. The van der Waals surface area contributed by atoms with Crippen LogP contribution in [0.5, 0.6) is 11.8 Å². The predicted molar refractivity (Wildman–Crippen MR) is 114 cm³/mol. The molecule has 30 heavy (non-hydrogen) atoms. The summed E-state index contributed by atoms with van der Waals surface area (Å²) in [6.07, 6.45) is 10.6. The van der Waals surface area contributed by atoms with E-state index in [1.807, 2.05) is 0 Å². The minimum absolute atomic E-state index is 0.103. The molecule has 3 fully saturated rings. The monoisotopic (exact) mass is 406 g/mol. The fourth-order valence-electron chi connectivity index (χ4n) is 6.17. The van der Waals surface area contributed by atoms with E-state index in [0.29, 0.717) is 25.1 Å². The van der Waals surface area contributed by atoms with Crippen LogP contribution in [0.2, 0.25) is 0 Å². The zero-order valence-corrected chi connectivity index (χ0v) is 17.5. The molecule has 1 aromatic heterocycles. The van der Waals surface area contributed by atoms with Crippen LogP contribution in [0, 0.1) is 11.8 Å². The second-order valence-electron chi connectivity index (χ2n) is 9.71. The van der Waals surface area contributed by atoms with Crippen LogP contribution in [0.4, 0.5) is 0 Å². The molecule has 2 aromatic rings. The number of nitrogens with zero attached hydrogens (tertiary/aromatic N) is 2. The Hall–Kier alpha value is -2.30. The molecule has 4 aliphatic rings.